The van der Waals surface area contributed by atoms with Crippen LogP contribution in [0, 0.1) is 0 Å². The third-order valence-electron chi connectivity index (χ3n) is 3.58. The quantitative estimate of drug-likeness (QED) is 0.507. The maximum absolute atomic E-state index is 12.6. The monoisotopic (exact) mass is 437 g/mol. The number of thioether (sulfide) groups is 1. The lowest BCUT2D eigenvalue weighted by Gasteiger charge is -2.39. The topological polar surface area (TPSA) is 101 Å². The van der Waals surface area contributed by atoms with Crippen molar-refractivity contribution in [3.63, 3.8) is 0 Å². The average molecular weight is 437 g/mol. The van der Waals surface area contributed by atoms with E-state index in [0.29, 0.717) is 0 Å². The van der Waals surface area contributed by atoms with Crippen molar-refractivity contribution in [2.45, 2.75) is 50.7 Å². The summed E-state index contributed by atoms with van der Waals surface area (Å²) in [6.07, 6.45) is -6.96. The number of aromatic nitrogens is 1. The summed E-state index contributed by atoms with van der Waals surface area (Å²) in [6, 6.07) is 1.81. The molecule has 1 aromatic heterocycles. The van der Waals surface area contributed by atoms with Gasteiger partial charge < -0.3 is 18.9 Å². The van der Waals surface area contributed by atoms with Crippen molar-refractivity contribution >= 4 is 29.7 Å². The van der Waals surface area contributed by atoms with Crippen LogP contribution < -0.4 is 4.74 Å². The SMILES string of the molecule is CC(=O)O[C@@H]1[C@@H](OC(C)=O)[C@H](OC(C)=O)CS[C@H]1Oc1ccc(C(F)(F)F)nc1. The maximum Gasteiger partial charge on any atom is 0.433 e. The number of rotatable bonds is 5. The van der Waals surface area contributed by atoms with Gasteiger partial charge in [-0.2, -0.15) is 13.2 Å². The zero-order valence-corrected chi connectivity index (χ0v) is 16.4. The van der Waals surface area contributed by atoms with Crippen LogP contribution in [0.25, 0.3) is 0 Å². The second-order valence-electron chi connectivity index (χ2n) is 5.99. The Bertz CT molecular complexity index is 756. The molecule has 2 rings (SSSR count). The Balaban J connectivity index is 2.25. The molecule has 0 N–H and O–H groups in total. The van der Waals surface area contributed by atoms with E-state index >= 15 is 0 Å². The minimum atomic E-state index is -4.60. The molecule has 160 valence electrons. The van der Waals surface area contributed by atoms with Gasteiger partial charge in [-0.15, -0.1) is 11.8 Å². The summed E-state index contributed by atoms with van der Waals surface area (Å²) in [4.78, 5) is 37.7. The number of carbonyl (C=O) groups is 3. The normalized spacial score (nSPS) is 24.3. The number of ether oxygens (including phenoxy) is 4. The van der Waals surface area contributed by atoms with Crippen LogP contribution in [0.3, 0.4) is 0 Å². The second kappa shape index (κ2) is 9.33. The van der Waals surface area contributed by atoms with Gasteiger partial charge >= 0.3 is 24.1 Å². The minimum absolute atomic E-state index is 0.0137. The number of nitrogens with zero attached hydrogens (tertiary/aromatic N) is 1. The number of alkyl halides is 3. The Morgan fingerprint density at radius 3 is 2.07 bits per heavy atom. The van der Waals surface area contributed by atoms with Crippen molar-refractivity contribution in [3.05, 3.63) is 24.0 Å². The molecule has 8 nitrogen and oxygen atoms in total. The highest BCUT2D eigenvalue weighted by Gasteiger charge is 2.47. The van der Waals surface area contributed by atoms with Gasteiger partial charge in [-0.3, -0.25) is 14.4 Å². The third kappa shape index (κ3) is 6.51. The predicted molar refractivity (Wildman–Crippen MR) is 92.8 cm³/mol. The minimum Gasteiger partial charge on any atom is -0.474 e. The van der Waals surface area contributed by atoms with Crippen molar-refractivity contribution in [1.82, 2.24) is 4.98 Å². The van der Waals surface area contributed by atoms with Crippen molar-refractivity contribution < 1.29 is 46.5 Å². The van der Waals surface area contributed by atoms with Crippen LogP contribution in [0.15, 0.2) is 18.3 Å². The van der Waals surface area contributed by atoms with E-state index in [0.717, 1.165) is 43.9 Å². The predicted octanol–water partition coefficient (Wildman–Crippen LogP) is 2.35. The van der Waals surface area contributed by atoms with Gasteiger partial charge in [0.15, 0.2) is 23.7 Å². The first-order valence-electron chi connectivity index (χ1n) is 8.30. The molecule has 1 aliphatic heterocycles. The van der Waals surface area contributed by atoms with E-state index in [4.69, 9.17) is 18.9 Å². The molecular weight excluding hydrogens is 419 g/mol. The van der Waals surface area contributed by atoms with Crippen LogP contribution in [-0.4, -0.2) is 52.4 Å². The number of pyridine rings is 1. The highest BCUT2D eigenvalue weighted by molar-refractivity contribution is 7.99. The van der Waals surface area contributed by atoms with E-state index in [1.165, 1.54) is 6.92 Å². The standard InChI is InChI=1S/C17H18F3NO7S/c1-8(22)25-12-7-29-16(15(27-10(3)24)14(12)26-9(2)23)28-11-4-5-13(21-6-11)17(18,19)20/h4-6,12,14-16H,7H2,1-3H3/t12-,14+,15-,16-/m1/s1. The van der Waals surface area contributed by atoms with E-state index in [2.05, 4.69) is 4.98 Å². The largest absolute Gasteiger partial charge is 0.474 e. The molecule has 0 radical (unpaired) electrons. The Kier molecular flexibility index (Phi) is 7.33. The van der Waals surface area contributed by atoms with Gasteiger partial charge in [0.25, 0.3) is 0 Å². The van der Waals surface area contributed by atoms with Gasteiger partial charge in [-0.25, -0.2) is 4.98 Å². The van der Waals surface area contributed by atoms with Crippen LogP contribution in [0.2, 0.25) is 0 Å². The molecular formula is C17H18F3NO7S. The lowest BCUT2D eigenvalue weighted by atomic mass is 10.1. The zero-order valence-electron chi connectivity index (χ0n) is 15.6. The molecule has 1 fully saturated rings. The van der Waals surface area contributed by atoms with Gasteiger partial charge in [0.1, 0.15) is 11.4 Å². The molecule has 0 saturated carbocycles. The number of hydrogen-bond donors (Lipinski definition) is 0. The fourth-order valence-corrected chi connectivity index (χ4v) is 3.78. The van der Waals surface area contributed by atoms with Crippen LogP contribution in [0.4, 0.5) is 13.2 Å². The van der Waals surface area contributed by atoms with Crippen LogP contribution in [-0.2, 0) is 34.8 Å². The Morgan fingerprint density at radius 1 is 1.00 bits per heavy atom. The van der Waals surface area contributed by atoms with E-state index in [-0.39, 0.29) is 11.5 Å². The average Bonchev–Trinajstić information content (AvgIpc) is 2.58. The summed E-state index contributed by atoms with van der Waals surface area (Å²) < 4.78 is 59.1. The summed E-state index contributed by atoms with van der Waals surface area (Å²) in [7, 11) is 0. The Hall–Kier alpha value is -2.50. The van der Waals surface area contributed by atoms with Gasteiger partial charge in [-0.1, -0.05) is 0 Å². The molecule has 12 heteroatoms. The van der Waals surface area contributed by atoms with E-state index in [1.807, 2.05) is 0 Å². The fourth-order valence-electron chi connectivity index (χ4n) is 2.56. The number of esters is 3. The van der Waals surface area contributed by atoms with Gasteiger partial charge in [0.05, 0.1) is 6.20 Å². The number of hydrogen-bond acceptors (Lipinski definition) is 9. The molecule has 0 amide bonds. The van der Waals surface area contributed by atoms with Crippen LogP contribution >= 0.6 is 11.8 Å². The molecule has 2 heterocycles. The van der Waals surface area contributed by atoms with E-state index in [1.54, 1.807) is 0 Å². The second-order valence-corrected chi connectivity index (χ2v) is 7.12. The molecule has 0 unspecified atom stereocenters. The summed E-state index contributed by atoms with van der Waals surface area (Å²) in [5, 5.41) is 0. The van der Waals surface area contributed by atoms with Crippen molar-refractivity contribution in [2.24, 2.45) is 0 Å². The zero-order chi connectivity index (χ0) is 21.8. The fraction of sp³-hybridized carbons (Fsp3) is 0.529. The lowest BCUT2D eigenvalue weighted by Crippen LogP contribution is -2.55. The van der Waals surface area contributed by atoms with Crippen LogP contribution in [0.5, 0.6) is 5.75 Å². The molecule has 1 aromatic rings. The number of carbonyl (C=O) groups excluding carboxylic acids is 3. The maximum atomic E-state index is 12.6. The lowest BCUT2D eigenvalue weighted by molar-refractivity contribution is -0.186. The molecule has 0 bridgehead atoms. The first kappa shape index (κ1) is 22.8. The Morgan fingerprint density at radius 2 is 1.59 bits per heavy atom. The smallest absolute Gasteiger partial charge is 0.433 e. The first-order chi connectivity index (χ1) is 13.5. The third-order valence-corrected chi connectivity index (χ3v) is 4.80. The van der Waals surface area contributed by atoms with E-state index < -0.39 is 53.5 Å². The molecule has 0 aromatic carbocycles. The van der Waals surface area contributed by atoms with Crippen molar-refractivity contribution in [2.75, 3.05) is 5.75 Å². The number of halogens is 3. The summed E-state index contributed by atoms with van der Waals surface area (Å²) in [5.41, 5.74) is -2.04. The first-order valence-corrected chi connectivity index (χ1v) is 9.35. The van der Waals surface area contributed by atoms with Gasteiger partial charge in [0.2, 0.25) is 0 Å². The molecule has 0 aliphatic carbocycles. The highest BCUT2D eigenvalue weighted by atomic mass is 32.2. The van der Waals surface area contributed by atoms with Crippen molar-refractivity contribution in [1.29, 1.82) is 0 Å². The molecule has 0 spiro atoms. The highest BCUT2D eigenvalue weighted by Crippen LogP contribution is 2.35. The molecule has 1 aliphatic rings. The van der Waals surface area contributed by atoms with E-state index in [9.17, 15) is 27.6 Å². The molecule has 1 saturated heterocycles. The van der Waals surface area contributed by atoms with Crippen molar-refractivity contribution in [3.8, 4) is 5.75 Å². The molecule has 4 atom stereocenters. The molecule has 29 heavy (non-hydrogen) atoms. The Labute approximate surface area is 168 Å². The summed E-state index contributed by atoms with van der Waals surface area (Å²) in [5.74, 6) is -1.92. The summed E-state index contributed by atoms with van der Waals surface area (Å²) >= 11 is 1.08. The van der Waals surface area contributed by atoms with Gasteiger partial charge in [0, 0.05) is 26.5 Å². The summed E-state index contributed by atoms with van der Waals surface area (Å²) in [6.45, 7) is 3.43. The van der Waals surface area contributed by atoms with Crippen LogP contribution in [0.1, 0.15) is 26.5 Å². The van der Waals surface area contributed by atoms with Gasteiger partial charge in [-0.05, 0) is 12.1 Å².